The lowest BCUT2D eigenvalue weighted by atomic mass is 10.4. The van der Waals surface area contributed by atoms with Gasteiger partial charge in [-0.1, -0.05) is 13.8 Å². The van der Waals surface area contributed by atoms with E-state index < -0.39 is 5.97 Å². The van der Waals surface area contributed by atoms with E-state index in [2.05, 4.69) is 0 Å². The van der Waals surface area contributed by atoms with Crippen molar-refractivity contribution in [2.45, 2.75) is 20.8 Å². The van der Waals surface area contributed by atoms with Crippen molar-refractivity contribution in [3.63, 3.8) is 0 Å². The van der Waals surface area contributed by atoms with Crippen molar-refractivity contribution in [3.05, 3.63) is 0 Å². The third-order valence-corrected chi connectivity index (χ3v) is 2.01. The van der Waals surface area contributed by atoms with E-state index in [0.717, 1.165) is 0 Å². The first-order valence-corrected chi connectivity index (χ1v) is 6.45. The first kappa shape index (κ1) is 20.3. The van der Waals surface area contributed by atoms with Gasteiger partial charge < -0.3 is 14.2 Å². The number of ketones is 1. The number of carbonyl (C=O) groups excluding carboxylic acids is 2. The monoisotopic (exact) mass is 277 g/mol. The van der Waals surface area contributed by atoms with Crippen molar-refractivity contribution in [1.82, 2.24) is 4.90 Å². The smallest absolute Gasteiger partial charge is 0.320 e. The zero-order valence-electron chi connectivity index (χ0n) is 12.7. The van der Waals surface area contributed by atoms with Crippen molar-refractivity contribution in [1.29, 1.82) is 0 Å². The van der Waals surface area contributed by atoms with E-state index in [1.54, 1.807) is 14.2 Å². The molecule has 0 spiro atoms. The Hall–Kier alpha value is -0.980. The van der Waals surface area contributed by atoms with E-state index in [1.165, 1.54) is 6.92 Å². The third-order valence-electron chi connectivity index (χ3n) is 2.01. The fraction of sp³-hybridized carbons (Fsp3) is 0.846. The topological polar surface area (TPSA) is 65.1 Å². The molecule has 0 aromatic carbocycles. The first-order valence-electron chi connectivity index (χ1n) is 6.45. The van der Waals surface area contributed by atoms with E-state index in [4.69, 9.17) is 14.2 Å². The summed E-state index contributed by atoms with van der Waals surface area (Å²) in [5.41, 5.74) is 0. The summed E-state index contributed by atoms with van der Waals surface area (Å²) in [6, 6.07) is 0. The summed E-state index contributed by atoms with van der Waals surface area (Å²) in [5.74, 6) is -0.578. The number of hydrogen-bond donors (Lipinski definition) is 0. The highest BCUT2D eigenvalue weighted by molar-refractivity contribution is 5.80. The summed E-state index contributed by atoms with van der Waals surface area (Å²) < 4.78 is 14.7. The van der Waals surface area contributed by atoms with Crippen LogP contribution >= 0.6 is 0 Å². The van der Waals surface area contributed by atoms with Gasteiger partial charge in [-0.25, -0.2) is 0 Å². The van der Waals surface area contributed by atoms with Gasteiger partial charge in [0.1, 0.15) is 6.61 Å². The molecule has 0 aromatic heterocycles. The van der Waals surface area contributed by atoms with Gasteiger partial charge in [-0.2, -0.15) is 0 Å². The molecule has 0 rings (SSSR count). The third kappa shape index (κ3) is 15.0. The standard InChI is InChI=1S/C11H21NO5.C2H6/c1-10(13)9-17-11(14)8-12(4-6-15-2)5-7-16-3;1-2/h4-9H2,1-3H3;1-2H3. The highest BCUT2D eigenvalue weighted by Crippen LogP contribution is 1.92. The molecular formula is C13H27NO5. The van der Waals surface area contributed by atoms with Gasteiger partial charge in [0.15, 0.2) is 5.78 Å². The summed E-state index contributed by atoms with van der Waals surface area (Å²) in [6.45, 7) is 7.65. The van der Waals surface area contributed by atoms with E-state index in [-0.39, 0.29) is 18.9 Å². The zero-order valence-corrected chi connectivity index (χ0v) is 12.7. The quantitative estimate of drug-likeness (QED) is 0.549. The minimum absolute atomic E-state index is 0.139. The highest BCUT2D eigenvalue weighted by atomic mass is 16.5. The Balaban J connectivity index is 0. The normalized spacial score (nSPS) is 9.79. The van der Waals surface area contributed by atoms with Crippen LogP contribution < -0.4 is 0 Å². The molecule has 0 fully saturated rings. The number of methoxy groups -OCH3 is 2. The summed E-state index contributed by atoms with van der Waals surface area (Å²) in [5, 5.41) is 0. The fourth-order valence-corrected chi connectivity index (χ4v) is 1.12. The molecule has 0 aliphatic rings. The minimum Gasteiger partial charge on any atom is -0.457 e. The summed E-state index contributed by atoms with van der Waals surface area (Å²) in [6.07, 6.45) is 0. The predicted molar refractivity (Wildman–Crippen MR) is 73.2 cm³/mol. The Morgan fingerprint density at radius 2 is 1.47 bits per heavy atom. The van der Waals surface area contributed by atoms with Crippen molar-refractivity contribution < 1.29 is 23.8 Å². The van der Waals surface area contributed by atoms with E-state index >= 15 is 0 Å². The number of esters is 1. The molecule has 114 valence electrons. The van der Waals surface area contributed by atoms with Crippen molar-refractivity contribution in [3.8, 4) is 0 Å². The number of rotatable bonds is 10. The van der Waals surface area contributed by atoms with Crippen LogP contribution in [0, 0.1) is 0 Å². The Kier molecular flexibility index (Phi) is 16.1. The molecular weight excluding hydrogens is 250 g/mol. The Morgan fingerprint density at radius 1 is 1.00 bits per heavy atom. The molecule has 0 amide bonds. The lowest BCUT2D eigenvalue weighted by Gasteiger charge is -2.20. The fourth-order valence-electron chi connectivity index (χ4n) is 1.12. The number of ether oxygens (including phenoxy) is 3. The van der Waals surface area contributed by atoms with Gasteiger partial charge in [0.05, 0.1) is 19.8 Å². The van der Waals surface area contributed by atoms with Crippen LogP contribution in [0.2, 0.25) is 0 Å². The molecule has 0 heterocycles. The largest absolute Gasteiger partial charge is 0.457 e. The summed E-state index contributed by atoms with van der Waals surface area (Å²) in [4.78, 5) is 23.9. The molecule has 0 saturated heterocycles. The molecule has 0 aliphatic heterocycles. The van der Waals surface area contributed by atoms with Crippen LogP contribution in [0.4, 0.5) is 0 Å². The minimum atomic E-state index is -0.410. The van der Waals surface area contributed by atoms with Crippen LogP contribution in [0.5, 0.6) is 0 Å². The van der Waals surface area contributed by atoms with Crippen molar-refractivity contribution in [2.75, 3.05) is 53.7 Å². The molecule has 0 unspecified atom stereocenters. The van der Waals surface area contributed by atoms with Crippen LogP contribution in [0.15, 0.2) is 0 Å². The maximum absolute atomic E-state index is 11.4. The molecule has 0 N–H and O–H groups in total. The Bertz CT molecular complexity index is 225. The first-order chi connectivity index (χ1) is 9.10. The molecule has 0 radical (unpaired) electrons. The molecule has 6 nitrogen and oxygen atoms in total. The second-order valence-electron chi connectivity index (χ2n) is 3.62. The molecule has 0 atom stereocenters. The number of nitrogens with zero attached hydrogens (tertiary/aromatic N) is 1. The lowest BCUT2D eigenvalue weighted by molar-refractivity contribution is -0.148. The molecule has 6 heteroatoms. The molecule has 19 heavy (non-hydrogen) atoms. The average molecular weight is 277 g/mol. The second kappa shape index (κ2) is 15.1. The van der Waals surface area contributed by atoms with E-state index in [1.807, 2.05) is 18.7 Å². The van der Waals surface area contributed by atoms with Crippen molar-refractivity contribution in [2.24, 2.45) is 0 Å². The van der Waals surface area contributed by atoms with Gasteiger partial charge in [0.2, 0.25) is 0 Å². The van der Waals surface area contributed by atoms with Crippen molar-refractivity contribution >= 4 is 11.8 Å². The molecule has 0 aliphatic carbocycles. The van der Waals surface area contributed by atoms with Gasteiger partial charge in [-0.3, -0.25) is 14.5 Å². The van der Waals surface area contributed by atoms with E-state index in [9.17, 15) is 9.59 Å². The SMILES string of the molecule is CC.COCCN(CCOC)CC(=O)OCC(C)=O. The van der Waals surface area contributed by atoms with Gasteiger partial charge in [0.25, 0.3) is 0 Å². The van der Waals surface area contributed by atoms with Gasteiger partial charge in [0, 0.05) is 27.3 Å². The number of hydrogen-bond acceptors (Lipinski definition) is 6. The maximum Gasteiger partial charge on any atom is 0.320 e. The van der Waals surface area contributed by atoms with Gasteiger partial charge in [-0.05, 0) is 6.92 Å². The van der Waals surface area contributed by atoms with Crippen LogP contribution in [-0.2, 0) is 23.8 Å². The second-order valence-corrected chi connectivity index (χ2v) is 3.62. The summed E-state index contributed by atoms with van der Waals surface area (Å²) in [7, 11) is 3.20. The lowest BCUT2D eigenvalue weighted by Crippen LogP contribution is -2.36. The average Bonchev–Trinajstić information content (AvgIpc) is 2.41. The Morgan fingerprint density at radius 3 is 1.84 bits per heavy atom. The van der Waals surface area contributed by atoms with E-state index in [0.29, 0.717) is 26.3 Å². The zero-order chi connectivity index (χ0) is 15.1. The van der Waals surface area contributed by atoms with Gasteiger partial charge in [-0.15, -0.1) is 0 Å². The van der Waals surface area contributed by atoms with Crippen LogP contribution in [-0.4, -0.2) is 70.3 Å². The number of Topliss-reactive ketones (excluding diaryl/α,β-unsaturated/α-hetero) is 1. The molecule has 0 saturated carbocycles. The highest BCUT2D eigenvalue weighted by Gasteiger charge is 2.12. The molecule has 0 aromatic rings. The van der Waals surface area contributed by atoms with Crippen LogP contribution in [0.25, 0.3) is 0 Å². The van der Waals surface area contributed by atoms with Gasteiger partial charge >= 0.3 is 5.97 Å². The molecule has 0 bridgehead atoms. The predicted octanol–water partition coefficient (Wildman–Crippen LogP) is 0.740. The Labute approximate surface area is 116 Å². The number of carbonyl (C=O) groups is 2. The van der Waals surface area contributed by atoms with Crippen LogP contribution in [0.1, 0.15) is 20.8 Å². The maximum atomic E-state index is 11.4. The van der Waals surface area contributed by atoms with Crippen LogP contribution in [0.3, 0.4) is 0 Å². The summed E-state index contributed by atoms with van der Waals surface area (Å²) >= 11 is 0.